The summed E-state index contributed by atoms with van der Waals surface area (Å²) in [6, 6.07) is 0. The number of fused-ring (bicyclic) bond motifs is 5. The van der Waals surface area contributed by atoms with Crippen LogP contribution < -0.4 is 0 Å². The first-order valence-corrected chi connectivity index (χ1v) is 12.4. The molecule has 0 bridgehead atoms. The Kier molecular flexibility index (Phi) is 6.18. The summed E-state index contributed by atoms with van der Waals surface area (Å²) in [5.74, 6) is 5.45. The first kappa shape index (κ1) is 21.1. The third-order valence-electron chi connectivity index (χ3n) is 10.1. The van der Waals surface area contributed by atoms with Crippen LogP contribution in [0.5, 0.6) is 0 Å². The van der Waals surface area contributed by atoms with Crippen LogP contribution in [0.2, 0.25) is 0 Å². The van der Waals surface area contributed by atoms with Gasteiger partial charge < -0.3 is 14.9 Å². The molecular weight excluding hydrogens is 348 g/mol. The van der Waals surface area contributed by atoms with Gasteiger partial charge in [0.1, 0.15) is 0 Å². The van der Waals surface area contributed by atoms with Crippen molar-refractivity contribution >= 4 is 0 Å². The highest BCUT2D eigenvalue weighted by molar-refractivity contribution is 5.07. The van der Waals surface area contributed by atoms with E-state index < -0.39 is 5.60 Å². The number of ether oxygens (including phenoxy) is 1. The second kappa shape index (κ2) is 8.19. The van der Waals surface area contributed by atoms with Crippen molar-refractivity contribution in [3.63, 3.8) is 0 Å². The average molecular weight is 393 g/mol. The van der Waals surface area contributed by atoms with E-state index in [1.54, 1.807) is 0 Å². The summed E-state index contributed by atoms with van der Waals surface area (Å²) in [6.07, 6.45) is 12.4. The van der Waals surface area contributed by atoms with Gasteiger partial charge in [-0.05, 0) is 112 Å². The van der Waals surface area contributed by atoms with E-state index in [1.165, 1.54) is 44.9 Å². The largest absolute Gasteiger partial charge is 0.396 e. The zero-order valence-corrected chi connectivity index (χ0v) is 18.5. The van der Waals surface area contributed by atoms with Gasteiger partial charge in [0, 0.05) is 13.2 Å². The van der Waals surface area contributed by atoms with Crippen molar-refractivity contribution in [2.45, 2.75) is 90.6 Å². The van der Waals surface area contributed by atoms with Crippen molar-refractivity contribution in [1.29, 1.82) is 0 Å². The van der Waals surface area contributed by atoms with Crippen molar-refractivity contribution in [2.24, 2.45) is 46.8 Å². The molecule has 1 unspecified atom stereocenters. The number of aliphatic hydroxyl groups is 2. The van der Waals surface area contributed by atoms with E-state index in [0.29, 0.717) is 37.1 Å². The first-order valence-electron chi connectivity index (χ1n) is 12.4. The van der Waals surface area contributed by atoms with Crippen molar-refractivity contribution in [3.8, 4) is 0 Å². The lowest BCUT2D eigenvalue weighted by atomic mass is 9.48. The van der Waals surface area contributed by atoms with Gasteiger partial charge in [-0.25, -0.2) is 0 Å². The smallest absolute Gasteiger partial charge is 0.0883 e. The van der Waals surface area contributed by atoms with Crippen LogP contribution in [-0.2, 0) is 4.74 Å². The lowest BCUT2D eigenvalue weighted by Crippen LogP contribution is -2.52. The van der Waals surface area contributed by atoms with Crippen molar-refractivity contribution < 1.29 is 14.9 Å². The Bertz CT molecular complexity index is 532. The molecule has 0 amide bonds. The standard InChI is InChI=1S/C25H44O3/c1-4-17(15-26)22-8-9-23-21-7-6-18-14-25(27,16-28-5-2)13-11-19(18)20(21)10-12-24(22,23)3/h17-23,26-27H,4-16H2,1-3H3/t17?,18-,19+,20-,21-,22-,23+,24-,25-/m1/s1. The molecule has 4 saturated carbocycles. The molecule has 4 aliphatic carbocycles. The van der Waals surface area contributed by atoms with E-state index in [1.807, 2.05) is 6.92 Å². The Morgan fingerprint density at radius 1 is 0.964 bits per heavy atom. The van der Waals surface area contributed by atoms with Crippen LogP contribution in [0.4, 0.5) is 0 Å². The van der Waals surface area contributed by atoms with Crippen LogP contribution in [0.3, 0.4) is 0 Å². The van der Waals surface area contributed by atoms with Gasteiger partial charge in [-0.15, -0.1) is 0 Å². The molecule has 0 radical (unpaired) electrons. The molecule has 9 atom stereocenters. The zero-order chi connectivity index (χ0) is 19.9. The minimum Gasteiger partial charge on any atom is -0.396 e. The fraction of sp³-hybridized carbons (Fsp3) is 1.00. The third-order valence-corrected chi connectivity index (χ3v) is 10.1. The molecule has 0 aromatic carbocycles. The Labute approximate surface area is 172 Å². The Morgan fingerprint density at radius 2 is 1.75 bits per heavy atom. The maximum Gasteiger partial charge on any atom is 0.0883 e. The van der Waals surface area contributed by atoms with Crippen LogP contribution in [0.15, 0.2) is 0 Å². The number of aliphatic hydroxyl groups excluding tert-OH is 1. The van der Waals surface area contributed by atoms with Gasteiger partial charge in [0.15, 0.2) is 0 Å². The lowest BCUT2D eigenvalue weighted by molar-refractivity contribution is -0.130. The van der Waals surface area contributed by atoms with Gasteiger partial charge in [0.2, 0.25) is 0 Å². The van der Waals surface area contributed by atoms with E-state index in [9.17, 15) is 10.2 Å². The topological polar surface area (TPSA) is 49.7 Å². The highest BCUT2D eigenvalue weighted by Gasteiger charge is 2.58. The molecule has 4 aliphatic rings. The van der Waals surface area contributed by atoms with Crippen molar-refractivity contribution in [2.75, 3.05) is 19.8 Å². The number of hydrogen-bond donors (Lipinski definition) is 2. The van der Waals surface area contributed by atoms with Crippen LogP contribution in [0, 0.1) is 46.8 Å². The first-order chi connectivity index (χ1) is 13.5. The lowest BCUT2D eigenvalue weighted by Gasteiger charge is -2.57. The number of rotatable bonds is 6. The van der Waals surface area contributed by atoms with Crippen LogP contribution in [0.1, 0.15) is 85.0 Å². The number of hydrogen-bond acceptors (Lipinski definition) is 3. The molecule has 0 saturated heterocycles. The second-order valence-corrected chi connectivity index (χ2v) is 11.1. The monoisotopic (exact) mass is 392 g/mol. The predicted octanol–water partition coefficient (Wildman–Crippen LogP) is 5.04. The van der Waals surface area contributed by atoms with Gasteiger partial charge in [-0.1, -0.05) is 20.3 Å². The van der Waals surface area contributed by atoms with Gasteiger partial charge in [-0.3, -0.25) is 0 Å². The quantitative estimate of drug-likeness (QED) is 0.666. The van der Waals surface area contributed by atoms with Crippen LogP contribution in [0.25, 0.3) is 0 Å². The Balaban J connectivity index is 1.46. The van der Waals surface area contributed by atoms with Crippen molar-refractivity contribution in [3.05, 3.63) is 0 Å². The second-order valence-electron chi connectivity index (χ2n) is 11.1. The normalized spacial score (nSPS) is 49.2. The summed E-state index contributed by atoms with van der Waals surface area (Å²) < 4.78 is 5.62. The molecule has 0 aromatic heterocycles. The van der Waals surface area contributed by atoms with Gasteiger partial charge in [0.25, 0.3) is 0 Å². The molecule has 4 fully saturated rings. The van der Waals surface area contributed by atoms with E-state index in [-0.39, 0.29) is 0 Å². The van der Waals surface area contributed by atoms with Gasteiger partial charge in [0.05, 0.1) is 12.2 Å². The molecule has 0 heterocycles. The fourth-order valence-electron chi connectivity index (χ4n) is 8.74. The van der Waals surface area contributed by atoms with Crippen molar-refractivity contribution in [1.82, 2.24) is 0 Å². The van der Waals surface area contributed by atoms with E-state index >= 15 is 0 Å². The van der Waals surface area contributed by atoms with E-state index in [4.69, 9.17) is 4.74 Å². The fourth-order valence-corrected chi connectivity index (χ4v) is 8.74. The predicted molar refractivity (Wildman–Crippen MR) is 113 cm³/mol. The molecule has 28 heavy (non-hydrogen) atoms. The SMILES string of the molecule is CCOC[C@@]1(O)CC[C@H]2[C@H](CC[C@@H]3[C@@H]2CC[C@]2(C)[C@@H](C(CC)CO)CC[C@@H]32)C1. The van der Waals surface area contributed by atoms with Gasteiger partial charge in [-0.2, -0.15) is 0 Å². The maximum absolute atomic E-state index is 11.0. The highest BCUT2D eigenvalue weighted by Crippen LogP contribution is 2.65. The van der Waals surface area contributed by atoms with E-state index in [2.05, 4.69) is 13.8 Å². The average Bonchev–Trinajstić information content (AvgIpc) is 3.04. The van der Waals surface area contributed by atoms with E-state index in [0.717, 1.165) is 48.9 Å². The molecular formula is C25H44O3. The minimum atomic E-state index is -0.568. The molecule has 3 nitrogen and oxygen atoms in total. The molecule has 2 N–H and O–H groups in total. The molecule has 0 aliphatic heterocycles. The summed E-state index contributed by atoms with van der Waals surface area (Å²) in [6.45, 7) is 8.48. The molecule has 3 heteroatoms. The maximum atomic E-state index is 11.0. The third kappa shape index (κ3) is 3.48. The summed E-state index contributed by atoms with van der Waals surface area (Å²) in [5, 5.41) is 21.0. The van der Waals surface area contributed by atoms with Crippen LogP contribution >= 0.6 is 0 Å². The molecule has 0 aromatic rings. The summed E-state index contributed by atoms with van der Waals surface area (Å²) in [5.41, 5.74) is -0.108. The zero-order valence-electron chi connectivity index (χ0n) is 18.5. The van der Waals surface area contributed by atoms with Gasteiger partial charge >= 0.3 is 0 Å². The van der Waals surface area contributed by atoms with Crippen LogP contribution in [-0.4, -0.2) is 35.6 Å². The Hall–Kier alpha value is -0.120. The molecule has 4 rings (SSSR count). The summed E-state index contributed by atoms with van der Waals surface area (Å²) >= 11 is 0. The summed E-state index contributed by atoms with van der Waals surface area (Å²) in [7, 11) is 0. The minimum absolute atomic E-state index is 0.376. The Morgan fingerprint density at radius 3 is 2.46 bits per heavy atom. The molecule has 0 spiro atoms. The highest BCUT2D eigenvalue weighted by atomic mass is 16.5. The molecule has 162 valence electrons. The summed E-state index contributed by atoms with van der Waals surface area (Å²) in [4.78, 5) is 0.